The molecule has 2 rings (SSSR count). The first-order valence-corrected chi connectivity index (χ1v) is 6.03. The van der Waals surface area contributed by atoms with Gasteiger partial charge in [0.1, 0.15) is 23.1 Å². The minimum atomic E-state index is -0.541. The van der Waals surface area contributed by atoms with E-state index in [1.54, 1.807) is 13.0 Å². The van der Waals surface area contributed by atoms with Gasteiger partial charge in [-0.15, -0.1) is 0 Å². The van der Waals surface area contributed by atoms with Crippen molar-refractivity contribution in [3.05, 3.63) is 58.6 Å². The zero-order valence-corrected chi connectivity index (χ0v) is 10.9. The minimum absolute atomic E-state index is 0.0590. The number of rotatable bonds is 3. The average Bonchev–Trinajstić information content (AvgIpc) is 2.33. The summed E-state index contributed by atoms with van der Waals surface area (Å²) in [6.07, 6.45) is 0. The molecule has 0 aliphatic rings. The van der Waals surface area contributed by atoms with Gasteiger partial charge in [0.05, 0.1) is 5.02 Å². The van der Waals surface area contributed by atoms with Gasteiger partial charge in [-0.05, 0) is 31.2 Å². The van der Waals surface area contributed by atoms with E-state index in [-0.39, 0.29) is 16.3 Å². The van der Waals surface area contributed by atoms with Crippen molar-refractivity contribution in [3.63, 3.8) is 0 Å². The van der Waals surface area contributed by atoms with Crippen LogP contribution in [0.3, 0.4) is 0 Å². The Hall–Kier alpha value is -1.65. The highest BCUT2D eigenvalue weighted by Crippen LogP contribution is 2.32. The molecule has 0 spiro atoms. The van der Waals surface area contributed by atoms with Crippen LogP contribution < -0.4 is 10.5 Å². The van der Waals surface area contributed by atoms with E-state index in [9.17, 15) is 8.78 Å². The van der Waals surface area contributed by atoms with E-state index in [0.717, 1.165) is 0 Å². The van der Waals surface area contributed by atoms with Gasteiger partial charge in [-0.25, -0.2) is 8.78 Å². The number of hydrogen-bond acceptors (Lipinski definition) is 2. The third-order valence-corrected chi connectivity index (χ3v) is 2.88. The summed E-state index contributed by atoms with van der Waals surface area (Å²) in [7, 11) is 0. The average molecular weight is 284 g/mol. The largest absolute Gasteiger partial charge is 0.457 e. The second-order valence-electron chi connectivity index (χ2n) is 4.12. The molecule has 0 saturated heterocycles. The van der Waals surface area contributed by atoms with E-state index in [1.165, 1.54) is 30.3 Å². The first-order valence-electron chi connectivity index (χ1n) is 5.66. The molecule has 2 N–H and O–H groups in total. The van der Waals surface area contributed by atoms with Crippen LogP contribution in [0.1, 0.15) is 18.5 Å². The molecule has 0 saturated carbocycles. The van der Waals surface area contributed by atoms with E-state index in [4.69, 9.17) is 22.1 Å². The van der Waals surface area contributed by atoms with Crippen LogP contribution in [0.5, 0.6) is 11.5 Å². The zero-order chi connectivity index (χ0) is 14.0. The first kappa shape index (κ1) is 13.8. The molecule has 19 heavy (non-hydrogen) atoms. The lowest BCUT2D eigenvalue weighted by Gasteiger charge is -2.14. The molecule has 1 atom stereocenters. The second-order valence-corrected chi connectivity index (χ2v) is 4.53. The lowest BCUT2D eigenvalue weighted by Crippen LogP contribution is -2.09. The van der Waals surface area contributed by atoms with E-state index < -0.39 is 17.7 Å². The Kier molecular flexibility index (Phi) is 4.02. The third-order valence-electron chi connectivity index (χ3n) is 2.59. The predicted molar refractivity (Wildman–Crippen MR) is 70.5 cm³/mol. The number of ether oxygens (including phenoxy) is 1. The molecule has 0 unspecified atom stereocenters. The van der Waals surface area contributed by atoms with Crippen molar-refractivity contribution in [3.8, 4) is 11.5 Å². The van der Waals surface area contributed by atoms with Crippen molar-refractivity contribution in [1.29, 1.82) is 0 Å². The SMILES string of the molecule is C[C@H](N)c1c(F)cccc1Oc1ccc(F)c(Cl)c1. The highest BCUT2D eigenvalue weighted by molar-refractivity contribution is 6.30. The van der Waals surface area contributed by atoms with Crippen molar-refractivity contribution in [2.45, 2.75) is 13.0 Å². The van der Waals surface area contributed by atoms with Crippen LogP contribution in [-0.4, -0.2) is 0 Å². The molecule has 2 aromatic rings. The van der Waals surface area contributed by atoms with Gasteiger partial charge in [0.15, 0.2) is 0 Å². The summed E-state index contributed by atoms with van der Waals surface area (Å²) in [6, 6.07) is 7.82. The van der Waals surface area contributed by atoms with E-state index >= 15 is 0 Å². The summed E-state index contributed by atoms with van der Waals surface area (Å²) >= 11 is 5.66. The monoisotopic (exact) mass is 283 g/mol. The van der Waals surface area contributed by atoms with Crippen LogP contribution >= 0.6 is 11.6 Å². The van der Waals surface area contributed by atoms with Gasteiger partial charge >= 0.3 is 0 Å². The van der Waals surface area contributed by atoms with Crippen molar-refractivity contribution < 1.29 is 13.5 Å². The maximum absolute atomic E-state index is 13.7. The van der Waals surface area contributed by atoms with E-state index in [0.29, 0.717) is 5.75 Å². The van der Waals surface area contributed by atoms with Crippen molar-refractivity contribution in [1.82, 2.24) is 0 Å². The van der Waals surface area contributed by atoms with Crippen LogP contribution in [-0.2, 0) is 0 Å². The fraction of sp³-hybridized carbons (Fsp3) is 0.143. The summed E-state index contributed by atoms with van der Waals surface area (Å²) in [4.78, 5) is 0. The highest BCUT2D eigenvalue weighted by atomic mass is 35.5. The molecule has 100 valence electrons. The van der Waals surface area contributed by atoms with Gasteiger partial charge < -0.3 is 10.5 Å². The van der Waals surface area contributed by atoms with E-state index in [1.807, 2.05) is 0 Å². The van der Waals surface area contributed by atoms with Crippen LogP contribution in [0.2, 0.25) is 5.02 Å². The lowest BCUT2D eigenvalue weighted by atomic mass is 10.1. The minimum Gasteiger partial charge on any atom is -0.457 e. The Morgan fingerprint density at radius 2 is 1.89 bits per heavy atom. The number of hydrogen-bond donors (Lipinski definition) is 1. The highest BCUT2D eigenvalue weighted by Gasteiger charge is 2.14. The fourth-order valence-electron chi connectivity index (χ4n) is 1.72. The second kappa shape index (κ2) is 5.55. The van der Waals surface area contributed by atoms with Gasteiger partial charge in [-0.1, -0.05) is 17.7 Å². The van der Waals surface area contributed by atoms with Crippen LogP contribution in [0, 0.1) is 11.6 Å². The van der Waals surface area contributed by atoms with E-state index in [2.05, 4.69) is 0 Å². The van der Waals surface area contributed by atoms with Crippen LogP contribution in [0.4, 0.5) is 8.78 Å². The number of benzene rings is 2. The molecule has 0 amide bonds. The molecule has 0 bridgehead atoms. The molecule has 0 heterocycles. The van der Waals surface area contributed by atoms with Crippen LogP contribution in [0.25, 0.3) is 0 Å². The molecule has 0 fully saturated rings. The zero-order valence-electron chi connectivity index (χ0n) is 10.2. The van der Waals surface area contributed by atoms with Gasteiger partial charge in [0.2, 0.25) is 0 Å². The van der Waals surface area contributed by atoms with Crippen LogP contribution in [0.15, 0.2) is 36.4 Å². The Balaban J connectivity index is 2.38. The molecule has 2 aromatic carbocycles. The molecular formula is C14H12ClF2NO. The van der Waals surface area contributed by atoms with Crippen molar-refractivity contribution in [2.75, 3.05) is 0 Å². The van der Waals surface area contributed by atoms with Crippen molar-refractivity contribution in [2.24, 2.45) is 5.73 Å². The predicted octanol–water partition coefficient (Wildman–Crippen LogP) is 4.43. The molecule has 5 heteroatoms. The summed E-state index contributed by atoms with van der Waals surface area (Å²) in [5.74, 6) is -0.377. The smallest absolute Gasteiger partial charge is 0.142 e. The van der Waals surface area contributed by atoms with Crippen molar-refractivity contribution >= 4 is 11.6 Å². The molecule has 0 aliphatic carbocycles. The normalized spacial score (nSPS) is 12.3. The fourth-order valence-corrected chi connectivity index (χ4v) is 1.89. The Morgan fingerprint density at radius 3 is 2.53 bits per heavy atom. The summed E-state index contributed by atoms with van der Waals surface area (Å²) in [5, 5.41) is -0.0590. The Bertz CT molecular complexity index is 602. The molecule has 2 nitrogen and oxygen atoms in total. The molecule has 0 aromatic heterocycles. The first-order chi connectivity index (χ1) is 8.99. The quantitative estimate of drug-likeness (QED) is 0.904. The standard InChI is InChI=1S/C14H12ClF2NO/c1-8(18)14-12(17)3-2-4-13(14)19-9-5-6-11(16)10(15)7-9/h2-8H,18H2,1H3/t8-/m0/s1. The Labute approximate surface area is 114 Å². The summed E-state index contributed by atoms with van der Waals surface area (Å²) < 4.78 is 32.3. The molecular weight excluding hydrogens is 272 g/mol. The van der Waals surface area contributed by atoms with Gasteiger partial charge in [0, 0.05) is 17.7 Å². The summed E-state index contributed by atoms with van der Waals surface area (Å²) in [6.45, 7) is 1.66. The topological polar surface area (TPSA) is 35.2 Å². The summed E-state index contributed by atoms with van der Waals surface area (Å²) in [5.41, 5.74) is 5.98. The maximum atomic E-state index is 13.7. The lowest BCUT2D eigenvalue weighted by molar-refractivity contribution is 0.459. The maximum Gasteiger partial charge on any atom is 0.142 e. The Morgan fingerprint density at radius 1 is 1.16 bits per heavy atom. The van der Waals surface area contributed by atoms with Gasteiger partial charge in [0.25, 0.3) is 0 Å². The molecule has 0 radical (unpaired) electrons. The number of nitrogens with two attached hydrogens (primary N) is 1. The third kappa shape index (κ3) is 3.03. The number of halogens is 3. The molecule has 0 aliphatic heterocycles. The van der Waals surface area contributed by atoms with Gasteiger partial charge in [-0.2, -0.15) is 0 Å². The van der Waals surface area contributed by atoms with Gasteiger partial charge in [-0.3, -0.25) is 0 Å².